The van der Waals surface area contributed by atoms with Gasteiger partial charge in [0, 0.05) is 5.69 Å². The highest BCUT2D eigenvalue weighted by Crippen LogP contribution is 2.37. The fraction of sp³-hybridized carbons (Fsp3) is 0.462. The highest BCUT2D eigenvalue weighted by molar-refractivity contribution is 9.10. The number of anilines is 1. The quantitative estimate of drug-likeness (QED) is 0.828. The summed E-state index contributed by atoms with van der Waals surface area (Å²) in [6.45, 7) is 3.66. The molecule has 0 fully saturated rings. The van der Waals surface area contributed by atoms with E-state index in [9.17, 15) is 18.0 Å². The van der Waals surface area contributed by atoms with Gasteiger partial charge in [-0.3, -0.25) is 4.79 Å². The Hall–Kier alpha value is -1.24. The van der Waals surface area contributed by atoms with Crippen molar-refractivity contribution >= 4 is 27.5 Å². The Bertz CT molecular complexity index is 489. The largest absolute Gasteiger partial charge is 0.496 e. The van der Waals surface area contributed by atoms with Crippen LogP contribution in [0.25, 0.3) is 0 Å². The Kier molecular flexibility index (Phi) is 5.44. The van der Waals surface area contributed by atoms with E-state index in [1.165, 1.54) is 12.1 Å². The molecule has 1 aromatic rings. The summed E-state index contributed by atoms with van der Waals surface area (Å²) >= 11 is 3.19. The average Bonchev–Trinajstić information content (AvgIpc) is 2.36. The number of hydrogen-bond acceptors (Lipinski definition) is 2. The van der Waals surface area contributed by atoms with E-state index in [1.807, 2.05) is 13.8 Å². The molecule has 1 amide bonds. The van der Waals surface area contributed by atoms with Gasteiger partial charge in [0.15, 0.2) is 0 Å². The minimum atomic E-state index is -4.54. The topological polar surface area (TPSA) is 38.3 Å². The molecule has 1 aromatic carbocycles. The summed E-state index contributed by atoms with van der Waals surface area (Å²) < 4.78 is 43.2. The molecule has 0 aliphatic carbocycles. The zero-order valence-electron chi connectivity index (χ0n) is 11.2. The van der Waals surface area contributed by atoms with Gasteiger partial charge in [0.1, 0.15) is 5.75 Å². The first-order valence-electron chi connectivity index (χ1n) is 5.87. The molecule has 112 valence electrons. The van der Waals surface area contributed by atoms with Gasteiger partial charge in [-0.15, -0.1) is 0 Å². The molecular formula is C13H15BrF3NO2. The molecule has 0 saturated carbocycles. The van der Waals surface area contributed by atoms with Gasteiger partial charge in [-0.25, -0.2) is 0 Å². The van der Waals surface area contributed by atoms with Crippen LogP contribution in [-0.2, 0) is 11.0 Å². The molecule has 0 spiro atoms. The molecule has 0 aliphatic heterocycles. The molecule has 1 N–H and O–H groups in total. The van der Waals surface area contributed by atoms with Crippen molar-refractivity contribution in [3.8, 4) is 5.75 Å². The number of nitrogens with one attached hydrogen (secondary N) is 1. The fourth-order valence-corrected chi connectivity index (χ4v) is 1.64. The smallest absolute Gasteiger partial charge is 0.420 e. The molecule has 1 unspecified atom stereocenters. The molecule has 20 heavy (non-hydrogen) atoms. The second-order valence-corrected chi connectivity index (χ2v) is 5.53. The molecular weight excluding hydrogens is 339 g/mol. The minimum absolute atomic E-state index is 0.0235. The van der Waals surface area contributed by atoms with Crippen molar-refractivity contribution in [3.05, 3.63) is 23.8 Å². The van der Waals surface area contributed by atoms with Crippen LogP contribution < -0.4 is 10.1 Å². The first-order chi connectivity index (χ1) is 9.16. The second-order valence-electron chi connectivity index (χ2n) is 4.55. The fourth-order valence-electron chi connectivity index (χ4n) is 1.52. The third-order valence-corrected chi connectivity index (χ3v) is 4.08. The zero-order valence-corrected chi connectivity index (χ0v) is 12.8. The van der Waals surface area contributed by atoms with Crippen LogP contribution in [0.15, 0.2) is 18.2 Å². The van der Waals surface area contributed by atoms with Gasteiger partial charge in [-0.05, 0) is 24.1 Å². The van der Waals surface area contributed by atoms with Crippen molar-refractivity contribution in [2.75, 3.05) is 12.4 Å². The van der Waals surface area contributed by atoms with E-state index in [-0.39, 0.29) is 17.4 Å². The van der Waals surface area contributed by atoms with Crippen molar-refractivity contribution in [1.29, 1.82) is 0 Å². The molecule has 0 aliphatic rings. The van der Waals surface area contributed by atoms with Crippen molar-refractivity contribution < 1.29 is 22.7 Å². The Morgan fingerprint density at radius 1 is 1.35 bits per heavy atom. The minimum Gasteiger partial charge on any atom is -0.496 e. The predicted octanol–water partition coefficient (Wildman–Crippen LogP) is 4.07. The number of halogens is 4. The summed E-state index contributed by atoms with van der Waals surface area (Å²) in [7, 11) is 1.16. The van der Waals surface area contributed by atoms with E-state index in [0.717, 1.165) is 13.2 Å². The van der Waals surface area contributed by atoms with Crippen LogP contribution in [0.2, 0.25) is 0 Å². The van der Waals surface area contributed by atoms with Crippen LogP contribution >= 0.6 is 15.9 Å². The summed E-state index contributed by atoms with van der Waals surface area (Å²) in [5.74, 6) is -0.650. The number of carbonyl (C=O) groups is 1. The second kappa shape index (κ2) is 6.47. The van der Waals surface area contributed by atoms with Crippen LogP contribution in [0.5, 0.6) is 5.75 Å². The summed E-state index contributed by atoms with van der Waals surface area (Å²) in [4.78, 5) is 11.3. The summed E-state index contributed by atoms with van der Waals surface area (Å²) in [5, 5.41) is 2.45. The lowest BCUT2D eigenvalue weighted by molar-refractivity contribution is -0.138. The predicted molar refractivity (Wildman–Crippen MR) is 74.2 cm³/mol. The Labute approximate surface area is 123 Å². The number of hydrogen-bond donors (Lipinski definition) is 1. The number of amides is 1. The summed E-state index contributed by atoms with van der Waals surface area (Å²) in [5.41, 5.74) is -0.846. The van der Waals surface area contributed by atoms with E-state index in [2.05, 4.69) is 26.0 Å². The third-order valence-electron chi connectivity index (χ3n) is 2.61. The Balaban J connectivity index is 3.01. The molecule has 0 heterocycles. The number of alkyl halides is 4. The molecule has 0 aromatic heterocycles. The molecule has 0 radical (unpaired) electrons. The first kappa shape index (κ1) is 16.8. The molecule has 0 saturated heterocycles. The molecule has 1 atom stereocenters. The van der Waals surface area contributed by atoms with Crippen LogP contribution in [0.3, 0.4) is 0 Å². The standard InChI is InChI=1S/C13H15BrF3NO2/c1-7(2)11(14)12(19)18-8-4-5-10(20-3)9(6-8)13(15,16)17/h4-7,11H,1-3H3,(H,18,19). The number of carbonyl (C=O) groups excluding carboxylic acids is 1. The van der Waals surface area contributed by atoms with Gasteiger partial charge >= 0.3 is 6.18 Å². The van der Waals surface area contributed by atoms with E-state index in [0.29, 0.717) is 0 Å². The normalized spacial score (nSPS) is 13.2. The van der Waals surface area contributed by atoms with Crippen LogP contribution in [-0.4, -0.2) is 17.8 Å². The van der Waals surface area contributed by atoms with E-state index in [4.69, 9.17) is 0 Å². The summed E-state index contributed by atoms with van der Waals surface area (Å²) in [6, 6.07) is 3.40. The lowest BCUT2D eigenvalue weighted by atomic mass is 10.1. The lowest BCUT2D eigenvalue weighted by Crippen LogP contribution is -2.27. The highest BCUT2D eigenvalue weighted by atomic mass is 79.9. The van der Waals surface area contributed by atoms with Crippen LogP contribution in [0.4, 0.5) is 18.9 Å². The van der Waals surface area contributed by atoms with E-state index < -0.39 is 22.5 Å². The number of rotatable bonds is 4. The average molecular weight is 354 g/mol. The Morgan fingerprint density at radius 2 is 1.95 bits per heavy atom. The molecule has 1 rings (SSSR count). The van der Waals surface area contributed by atoms with Crippen molar-refractivity contribution in [1.82, 2.24) is 0 Å². The number of benzene rings is 1. The van der Waals surface area contributed by atoms with Gasteiger partial charge in [0.25, 0.3) is 0 Å². The zero-order chi connectivity index (χ0) is 15.5. The molecule has 7 heteroatoms. The monoisotopic (exact) mass is 353 g/mol. The maximum absolute atomic E-state index is 12.8. The maximum atomic E-state index is 12.8. The van der Waals surface area contributed by atoms with Gasteiger partial charge in [0.05, 0.1) is 17.5 Å². The third kappa shape index (κ3) is 4.13. The van der Waals surface area contributed by atoms with Gasteiger partial charge in [-0.2, -0.15) is 13.2 Å². The van der Waals surface area contributed by atoms with Crippen LogP contribution in [0, 0.1) is 5.92 Å². The van der Waals surface area contributed by atoms with E-state index >= 15 is 0 Å². The van der Waals surface area contributed by atoms with Crippen LogP contribution in [0.1, 0.15) is 19.4 Å². The first-order valence-corrected chi connectivity index (χ1v) is 6.78. The number of ether oxygens (including phenoxy) is 1. The maximum Gasteiger partial charge on any atom is 0.420 e. The summed E-state index contributed by atoms with van der Waals surface area (Å²) in [6.07, 6.45) is -4.54. The lowest BCUT2D eigenvalue weighted by Gasteiger charge is -2.16. The SMILES string of the molecule is COc1ccc(NC(=O)C(Br)C(C)C)cc1C(F)(F)F. The van der Waals surface area contributed by atoms with Crippen molar-refractivity contribution in [2.45, 2.75) is 24.9 Å². The van der Waals surface area contributed by atoms with Gasteiger partial charge < -0.3 is 10.1 Å². The van der Waals surface area contributed by atoms with Gasteiger partial charge in [0.2, 0.25) is 5.91 Å². The molecule has 3 nitrogen and oxygen atoms in total. The van der Waals surface area contributed by atoms with Crippen molar-refractivity contribution in [2.24, 2.45) is 5.92 Å². The number of methoxy groups -OCH3 is 1. The molecule has 0 bridgehead atoms. The Morgan fingerprint density at radius 3 is 2.40 bits per heavy atom. The van der Waals surface area contributed by atoms with Crippen molar-refractivity contribution in [3.63, 3.8) is 0 Å². The highest BCUT2D eigenvalue weighted by Gasteiger charge is 2.34. The van der Waals surface area contributed by atoms with Gasteiger partial charge in [-0.1, -0.05) is 29.8 Å². The van der Waals surface area contributed by atoms with E-state index in [1.54, 1.807) is 0 Å².